The Morgan fingerprint density at radius 2 is 0.881 bits per heavy atom. The molecule has 3 N–H and O–H groups in total. The van der Waals surface area contributed by atoms with Gasteiger partial charge in [-0.15, -0.1) is 12.4 Å². The molecule has 6 nitrogen and oxygen atoms in total. The maximum atomic E-state index is 10.4. The lowest BCUT2D eigenvalue weighted by atomic mass is 9.85. The normalized spacial score (nSPS) is 15.3. The first kappa shape index (κ1) is 54.5. The minimum Gasteiger partial charge on any atom is -0.508 e. The predicted octanol–water partition coefficient (Wildman–Crippen LogP) is 14.3. The van der Waals surface area contributed by atoms with Crippen LogP contribution in [0.1, 0.15) is 142 Å². The lowest BCUT2D eigenvalue weighted by Gasteiger charge is -2.32. The molecule has 0 aromatic heterocycles. The van der Waals surface area contributed by atoms with Crippen molar-refractivity contribution in [2.45, 2.75) is 144 Å². The molecule has 67 heavy (non-hydrogen) atoms. The maximum Gasteiger partial charge on any atom is 0.198 e. The average Bonchev–Trinajstić information content (AvgIpc) is 3.29. The van der Waals surface area contributed by atoms with E-state index in [1.807, 2.05) is 66.7 Å². The van der Waals surface area contributed by atoms with Gasteiger partial charge in [0.15, 0.2) is 6.29 Å². The maximum absolute atomic E-state index is 10.4. The van der Waals surface area contributed by atoms with Gasteiger partial charge in [-0.25, -0.2) is 0 Å². The van der Waals surface area contributed by atoms with E-state index in [0.717, 1.165) is 42.8 Å². The van der Waals surface area contributed by atoms with E-state index in [1.54, 1.807) is 0 Å². The second-order valence-corrected chi connectivity index (χ2v) is 19.3. The molecule has 0 saturated heterocycles. The molecule has 0 fully saturated rings. The van der Waals surface area contributed by atoms with Crippen molar-refractivity contribution in [1.82, 2.24) is 9.80 Å². The number of aliphatic hydroxyl groups is 1. The summed E-state index contributed by atoms with van der Waals surface area (Å²) in [5.41, 5.74) is 10.6. The summed E-state index contributed by atoms with van der Waals surface area (Å²) in [6, 6.07) is 51.4. The van der Waals surface area contributed by atoms with Crippen molar-refractivity contribution in [3.63, 3.8) is 0 Å². The molecule has 7 heteroatoms. The molecular formula is C60H79ClN2O4. The monoisotopic (exact) mass is 927 g/mol. The van der Waals surface area contributed by atoms with Crippen molar-refractivity contribution < 1.29 is 20.1 Å². The number of hydrogen-bond donors (Lipinski definition) is 3. The van der Waals surface area contributed by atoms with Gasteiger partial charge in [0, 0.05) is 65.0 Å². The fraction of sp³-hybridized carbons (Fsp3) is 0.400. The minimum atomic E-state index is -0.717. The molecule has 6 aromatic rings. The van der Waals surface area contributed by atoms with Gasteiger partial charge >= 0.3 is 0 Å². The van der Waals surface area contributed by atoms with Gasteiger partial charge in [-0.05, 0) is 137 Å². The lowest BCUT2D eigenvalue weighted by Crippen LogP contribution is -2.38. The number of aryl methyl sites for hydroxylation is 3. The summed E-state index contributed by atoms with van der Waals surface area (Å²) in [7, 11) is 0. The number of aromatic hydroxyl groups is 2. The van der Waals surface area contributed by atoms with Crippen LogP contribution in [0.15, 0.2) is 146 Å². The average molecular weight is 928 g/mol. The molecular weight excluding hydrogens is 848 g/mol. The third kappa shape index (κ3) is 15.7. The Morgan fingerprint density at radius 3 is 1.28 bits per heavy atom. The van der Waals surface area contributed by atoms with Crippen molar-refractivity contribution in [3.05, 3.63) is 196 Å². The van der Waals surface area contributed by atoms with E-state index in [0.29, 0.717) is 42.1 Å². The molecule has 360 valence electrons. The number of phenols is 2. The molecule has 1 heterocycles. The van der Waals surface area contributed by atoms with E-state index in [1.165, 1.54) is 38.9 Å². The Labute approximate surface area is 410 Å². The molecule has 0 bridgehead atoms. The summed E-state index contributed by atoms with van der Waals surface area (Å²) in [6.07, 6.45) is 1.89. The zero-order valence-electron chi connectivity index (χ0n) is 42.1. The summed E-state index contributed by atoms with van der Waals surface area (Å²) in [4.78, 5) is 5.03. The largest absolute Gasteiger partial charge is 0.508 e. The molecule has 4 unspecified atom stereocenters. The topological polar surface area (TPSA) is 76.4 Å². The molecule has 0 radical (unpaired) electrons. The van der Waals surface area contributed by atoms with Crippen LogP contribution in [0, 0.1) is 20.8 Å². The molecule has 6 aromatic carbocycles. The second kappa shape index (κ2) is 26.4. The van der Waals surface area contributed by atoms with Gasteiger partial charge in [-0.3, -0.25) is 9.80 Å². The van der Waals surface area contributed by atoms with Crippen LogP contribution in [-0.4, -0.2) is 68.7 Å². The number of benzene rings is 6. The van der Waals surface area contributed by atoms with Gasteiger partial charge in [0.2, 0.25) is 0 Å². The van der Waals surface area contributed by atoms with Gasteiger partial charge < -0.3 is 20.1 Å². The highest BCUT2D eigenvalue weighted by molar-refractivity contribution is 5.85. The van der Waals surface area contributed by atoms with Crippen LogP contribution in [0.2, 0.25) is 0 Å². The van der Waals surface area contributed by atoms with Crippen LogP contribution in [0.4, 0.5) is 0 Å². The van der Waals surface area contributed by atoms with Crippen molar-refractivity contribution in [2.24, 2.45) is 0 Å². The standard InChI is InChI=1S/2C22H31NO.C16H16O2.ClH/c2*1-16(2)23(17(3)4)14-13-20(19-9-7-6-8-10-19)21-15-18(5)11-12-22(21)24;1-11-7-8-15-14(9-11)13(10-16(17)18-15)12-5-3-2-4-6-12;/h2*6-12,15-17,20,24H,13-14H2,1-5H3;2-9,13,16-17H,10H2,1H3;1H. The Bertz CT molecular complexity index is 2220. The lowest BCUT2D eigenvalue weighted by molar-refractivity contribution is -0.0359. The van der Waals surface area contributed by atoms with E-state index in [-0.39, 0.29) is 30.2 Å². The molecule has 1 aliphatic rings. The number of ether oxygens (including phenoxy) is 1. The molecule has 0 spiro atoms. The SMILES string of the molecule is Cc1ccc(O)c(C(CCN(C(C)C)C(C)C)c2ccccc2)c1.Cc1ccc(O)c(C(CCN(C(C)C)C(C)C)c2ccccc2)c1.Cc1ccc2c(c1)C(c1ccccc1)CC(O)O2.Cl. The van der Waals surface area contributed by atoms with E-state index in [4.69, 9.17) is 4.74 Å². The van der Waals surface area contributed by atoms with Gasteiger partial charge in [-0.1, -0.05) is 144 Å². The van der Waals surface area contributed by atoms with Gasteiger partial charge in [0.1, 0.15) is 17.2 Å². The number of rotatable bonds is 15. The highest BCUT2D eigenvalue weighted by Gasteiger charge is 2.28. The first-order valence-electron chi connectivity index (χ1n) is 24.2. The number of nitrogens with zero attached hydrogens (tertiary/aromatic N) is 2. The number of phenolic OH excluding ortho intramolecular Hbond substituents is 2. The van der Waals surface area contributed by atoms with E-state index in [9.17, 15) is 15.3 Å². The minimum absolute atomic E-state index is 0. The Balaban J connectivity index is 0.000000220. The van der Waals surface area contributed by atoms with Crippen molar-refractivity contribution >= 4 is 12.4 Å². The van der Waals surface area contributed by atoms with Crippen LogP contribution < -0.4 is 4.74 Å². The summed E-state index contributed by atoms with van der Waals surface area (Å²) in [6.45, 7) is 26.3. The molecule has 0 amide bonds. The highest BCUT2D eigenvalue weighted by Crippen LogP contribution is 2.41. The number of fused-ring (bicyclic) bond motifs is 1. The van der Waals surface area contributed by atoms with Gasteiger partial charge in [-0.2, -0.15) is 0 Å². The zero-order chi connectivity index (χ0) is 47.9. The van der Waals surface area contributed by atoms with Crippen LogP contribution >= 0.6 is 12.4 Å². The van der Waals surface area contributed by atoms with E-state index < -0.39 is 6.29 Å². The molecule has 0 aliphatic carbocycles. The van der Waals surface area contributed by atoms with Crippen LogP contribution in [0.5, 0.6) is 17.2 Å². The molecule has 0 saturated carbocycles. The van der Waals surface area contributed by atoms with Gasteiger partial charge in [0.05, 0.1) is 0 Å². The van der Waals surface area contributed by atoms with Crippen molar-refractivity contribution in [2.75, 3.05) is 13.1 Å². The fourth-order valence-corrected chi connectivity index (χ4v) is 9.63. The Hall–Kier alpha value is -5.11. The fourth-order valence-electron chi connectivity index (χ4n) is 9.63. The first-order valence-corrected chi connectivity index (χ1v) is 24.2. The Kier molecular flexibility index (Phi) is 21.5. The summed E-state index contributed by atoms with van der Waals surface area (Å²) in [5.74, 6) is 2.24. The number of aliphatic hydroxyl groups excluding tert-OH is 1. The number of halogens is 1. The predicted molar refractivity (Wildman–Crippen MR) is 283 cm³/mol. The second-order valence-electron chi connectivity index (χ2n) is 19.3. The third-order valence-electron chi connectivity index (χ3n) is 13.0. The van der Waals surface area contributed by atoms with Crippen LogP contribution in [0.3, 0.4) is 0 Å². The first-order chi connectivity index (χ1) is 31.5. The van der Waals surface area contributed by atoms with Crippen LogP contribution in [0.25, 0.3) is 0 Å². The number of hydrogen-bond acceptors (Lipinski definition) is 6. The molecule has 4 atom stereocenters. The smallest absolute Gasteiger partial charge is 0.198 e. The third-order valence-corrected chi connectivity index (χ3v) is 13.0. The zero-order valence-corrected chi connectivity index (χ0v) is 42.9. The molecule has 7 rings (SSSR count). The quantitative estimate of drug-likeness (QED) is 0.0953. The van der Waals surface area contributed by atoms with Crippen LogP contribution in [-0.2, 0) is 0 Å². The summed E-state index contributed by atoms with van der Waals surface area (Å²) in [5, 5.41) is 30.7. The molecule has 1 aliphatic heterocycles. The van der Waals surface area contributed by atoms with E-state index >= 15 is 0 Å². The van der Waals surface area contributed by atoms with Crippen molar-refractivity contribution in [3.8, 4) is 17.2 Å². The van der Waals surface area contributed by atoms with Gasteiger partial charge in [0.25, 0.3) is 0 Å². The summed E-state index contributed by atoms with van der Waals surface area (Å²) >= 11 is 0. The van der Waals surface area contributed by atoms with E-state index in [2.05, 4.69) is 165 Å². The van der Waals surface area contributed by atoms with Crippen molar-refractivity contribution in [1.29, 1.82) is 0 Å². The highest BCUT2D eigenvalue weighted by atomic mass is 35.5. The Morgan fingerprint density at radius 1 is 0.507 bits per heavy atom. The summed E-state index contributed by atoms with van der Waals surface area (Å²) < 4.78 is 5.49.